The molecule has 25 heavy (non-hydrogen) atoms. The van der Waals surface area contributed by atoms with Crippen LogP contribution in [0.1, 0.15) is 20.8 Å². The molecule has 1 aliphatic heterocycles. The Morgan fingerprint density at radius 1 is 1.04 bits per heavy atom. The van der Waals surface area contributed by atoms with Crippen LogP contribution in [0.15, 0.2) is 24.4 Å². The summed E-state index contributed by atoms with van der Waals surface area (Å²) >= 11 is 0. The molecule has 2 N–H and O–H groups in total. The van der Waals surface area contributed by atoms with E-state index in [-0.39, 0.29) is 5.54 Å². The number of piperazine rings is 1. The molecule has 0 unspecified atom stereocenters. The van der Waals surface area contributed by atoms with Crippen molar-refractivity contribution in [2.24, 2.45) is 7.05 Å². The SMILES string of the molecule is Cn1cc2c(n1)c(N)nc1cc(N3CCN(C(C)(C)C)CC3)ccc12. The number of nitrogens with two attached hydrogens (primary N) is 1. The first-order valence-electron chi connectivity index (χ1n) is 8.85. The van der Waals surface area contributed by atoms with Gasteiger partial charge in [-0.3, -0.25) is 9.58 Å². The average molecular weight is 338 g/mol. The van der Waals surface area contributed by atoms with Crippen molar-refractivity contribution in [1.82, 2.24) is 19.7 Å². The summed E-state index contributed by atoms with van der Waals surface area (Å²) in [6.07, 6.45) is 2.01. The Kier molecular flexibility index (Phi) is 3.61. The molecule has 0 spiro atoms. The van der Waals surface area contributed by atoms with Crippen LogP contribution in [0.5, 0.6) is 0 Å². The number of benzene rings is 1. The zero-order valence-electron chi connectivity index (χ0n) is 15.5. The van der Waals surface area contributed by atoms with Crippen LogP contribution < -0.4 is 10.6 Å². The van der Waals surface area contributed by atoms with Crippen molar-refractivity contribution in [1.29, 1.82) is 0 Å². The lowest BCUT2D eigenvalue weighted by molar-refractivity contribution is 0.128. The summed E-state index contributed by atoms with van der Waals surface area (Å²) in [6.45, 7) is 11.1. The lowest BCUT2D eigenvalue weighted by atomic mass is 10.0. The average Bonchev–Trinajstić information content (AvgIpc) is 2.96. The van der Waals surface area contributed by atoms with E-state index in [0.29, 0.717) is 5.82 Å². The molecule has 0 saturated carbocycles. The molecule has 0 radical (unpaired) electrons. The molecule has 3 heterocycles. The zero-order chi connectivity index (χ0) is 17.8. The second-order valence-electron chi connectivity index (χ2n) is 7.91. The summed E-state index contributed by atoms with van der Waals surface area (Å²) in [5.41, 5.74) is 9.29. The highest BCUT2D eigenvalue weighted by molar-refractivity contribution is 6.08. The lowest BCUT2D eigenvalue weighted by Gasteiger charge is -2.43. The Morgan fingerprint density at radius 3 is 2.44 bits per heavy atom. The van der Waals surface area contributed by atoms with E-state index in [4.69, 9.17) is 5.73 Å². The number of fused-ring (bicyclic) bond motifs is 3. The quantitative estimate of drug-likeness (QED) is 0.739. The van der Waals surface area contributed by atoms with E-state index in [2.05, 4.69) is 58.9 Å². The molecule has 0 bridgehead atoms. The summed E-state index contributed by atoms with van der Waals surface area (Å²) < 4.78 is 1.79. The van der Waals surface area contributed by atoms with Crippen molar-refractivity contribution < 1.29 is 0 Å². The number of rotatable bonds is 1. The van der Waals surface area contributed by atoms with Crippen LogP contribution in [0.4, 0.5) is 11.5 Å². The number of pyridine rings is 1. The third-order valence-corrected chi connectivity index (χ3v) is 5.18. The van der Waals surface area contributed by atoms with Crippen molar-refractivity contribution in [3.8, 4) is 0 Å². The van der Waals surface area contributed by atoms with Crippen LogP contribution in [0.25, 0.3) is 21.8 Å². The van der Waals surface area contributed by atoms with Gasteiger partial charge in [0.1, 0.15) is 5.52 Å². The Labute approximate surface area is 148 Å². The number of nitrogen functional groups attached to an aromatic ring is 1. The van der Waals surface area contributed by atoms with Gasteiger partial charge in [-0.1, -0.05) is 6.07 Å². The smallest absolute Gasteiger partial charge is 0.152 e. The van der Waals surface area contributed by atoms with Crippen molar-refractivity contribution in [2.75, 3.05) is 36.8 Å². The highest BCUT2D eigenvalue weighted by Crippen LogP contribution is 2.30. The van der Waals surface area contributed by atoms with E-state index in [0.717, 1.165) is 48.0 Å². The normalized spacial score (nSPS) is 16.9. The summed E-state index contributed by atoms with van der Waals surface area (Å²) in [4.78, 5) is 9.57. The van der Waals surface area contributed by atoms with E-state index < -0.39 is 0 Å². The van der Waals surface area contributed by atoms with Gasteiger partial charge in [-0.2, -0.15) is 5.10 Å². The van der Waals surface area contributed by atoms with Crippen LogP contribution >= 0.6 is 0 Å². The van der Waals surface area contributed by atoms with Gasteiger partial charge in [-0.15, -0.1) is 0 Å². The fourth-order valence-electron chi connectivity index (χ4n) is 3.73. The predicted octanol–water partition coefficient (Wildman–Crippen LogP) is 2.62. The van der Waals surface area contributed by atoms with Gasteiger partial charge in [0.25, 0.3) is 0 Å². The van der Waals surface area contributed by atoms with E-state index in [1.165, 1.54) is 5.69 Å². The van der Waals surface area contributed by atoms with Gasteiger partial charge >= 0.3 is 0 Å². The number of aryl methyl sites for hydroxylation is 1. The second kappa shape index (κ2) is 5.59. The van der Waals surface area contributed by atoms with Crippen molar-refractivity contribution in [2.45, 2.75) is 26.3 Å². The molecule has 0 atom stereocenters. The summed E-state index contributed by atoms with van der Waals surface area (Å²) in [5.74, 6) is 0.498. The molecular formula is C19H26N6. The molecule has 6 nitrogen and oxygen atoms in total. The third kappa shape index (κ3) is 2.80. The van der Waals surface area contributed by atoms with Crippen LogP contribution in [0.2, 0.25) is 0 Å². The van der Waals surface area contributed by atoms with Crippen LogP contribution in [-0.2, 0) is 7.05 Å². The lowest BCUT2D eigenvalue weighted by Crippen LogP contribution is -2.53. The maximum atomic E-state index is 6.12. The monoisotopic (exact) mass is 338 g/mol. The number of aromatic nitrogens is 3. The molecule has 1 aliphatic rings. The summed E-state index contributed by atoms with van der Waals surface area (Å²) in [7, 11) is 1.91. The molecule has 1 aromatic carbocycles. The standard InChI is InChI=1S/C19H26N6/c1-19(2,3)25-9-7-24(8-10-25)13-5-6-14-15-12-23(4)22-17(15)18(20)21-16(14)11-13/h5-6,11-12H,7-10H2,1-4H3,(H2,20,21). The van der Waals surface area contributed by atoms with Crippen LogP contribution in [-0.4, -0.2) is 51.4 Å². The molecular weight excluding hydrogens is 312 g/mol. The van der Waals surface area contributed by atoms with Gasteiger partial charge in [0.2, 0.25) is 0 Å². The van der Waals surface area contributed by atoms with Crippen LogP contribution in [0.3, 0.4) is 0 Å². The highest BCUT2D eigenvalue weighted by Gasteiger charge is 2.26. The first kappa shape index (κ1) is 16.1. The molecule has 6 heteroatoms. The molecule has 132 valence electrons. The topological polar surface area (TPSA) is 63.2 Å². The van der Waals surface area contributed by atoms with Crippen molar-refractivity contribution >= 4 is 33.3 Å². The molecule has 1 saturated heterocycles. The maximum absolute atomic E-state index is 6.12. The summed E-state index contributed by atoms with van der Waals surface area (Å²) in [6, 6.07) is 6.50. The second-order valence-corrected chi connectivity index (χ2v) is 7.91. The number of hydrogen-bond donors (Lipinski definition) is 1. The molecule has 3 aromatic rings. The fourth-order valence-corrected chi connectivity index (χ4v) is 3.73. The molecule has 0 amide bonds. The van der Waals surface area contributed by atoms with Gasteiger partial charge in [0, 0.05) is 61.4 Å². The largest absolute Gasteiger partial charge is 0.382 e. The van der Waals surface area contributed by atoms with Gasteiger partial charge < -0.3 is 10.6 Å². The fraction of sp³-hybridized carbons (Fsp3) is 0.474. The molecule has 1 fully saturated rings. The number of nitrogens with zero attached hydrogens (tertiary/aromatic N) is 5. The minimum Gasteiger partial charge on any atom is -0.382 e. The van der Waals surface area contributed by atoms with Gasteiger partial charge in [-0.05, 0) is 32.9 Å². The minimum atomic E-state index is 0.234. The van der Waals surface area contributed by atoms with Crippen molar-refractivity contribution in [3.63, 3.8) is 0 Å². The molecule has 4 rings (SSSR count). The predicted molar refractivity (Wildman–Crippen MR) is 104 cm³/mol. The van der Waals surface area contributed by atoms with Gasteiger partial charge in [0.15, 0.2) is 5.82 Å². The van der Waals surface area contributed by atoms with Crippen molar-refractivity contribution in [3.05, 3.63) is 24.4 Å². The zero-order valence-corrected chi connectivity index (χ0v) is 15.5. The van der Waals surface area contributed by atoms with E-state index in [9.17, 15) is 0 Å². The summed E-state index contributed by atoms with van der Waals surface area (Å²) in [5, 5.41) is 6.59. The Hall–Kier alpha value is -2.34. The minimum absolute atomic E-state index is 0.234. The van der Waals surface area contributed by atoms with Gasteiger partial charge in [0.05, 0.1) is 5.52 Å². The first-order valence-corrected chi connectivity index (χ1v) is 8.85. The Bertz CT molecular complexity index is 928. The first-order chi connectivity index (χ1) is 11.8. The molecule has 2 aromatic heterocycles. The van der Waals surface area contributed by atoms with E-state index >= 15 is 0 Å². The van der Waals surface area contributed by atoms with Gasteiger partial charge in [-0.25, -0.2) is 4.98 Å². The number of anilines is 2. The Balaban J connectivity index is 1.67. The van der Waals surface area contributed by atoms with E-state index in [1.54, 1.807) is 4.68 Å². The van der Waals surface area contributed by atoms with E-state index in [1.807, 2.05) is 13.2 Å². The highest BCUT2D eigenvalue weighted by atomic mass is 15.3. The Morgan fingerprint density at radius 2 is 1.76 bits per heavy atom. The van der Waals surface area contributed by atoms with Crippen LogP contribution in [0, 0.1) is 0 Å². The number of hydrogen-bond acceptors (Lipinski definition) is 5. The third-order valence-electron chi connectivity index (χ3n) is 5.18. The molecule has 0 aliphatic carbocycles. The maximum Gasteiger partial charge on any atom is 0.152 e.